The SMILES string of the molecule is Cc1cc(-c2cnc(Nc3ccc(CO)cn3)s2)nc(NC2CCC(O)CC2)n1. The highest BCUT2D eigenvalue weighted by molar-refractivity contribution is 7.18. The molecule has 0 bridgehead atoms. The van der Waals surface area contributed by atoms with Crippen molar-refractivity contribution in [1.82, 2.24) is 19.9 Å². The molecule has 9 heteroatoms. The fourth-order valence-corrected chi connectivity index (χ4v) is 4.10. The van der Waals surface area contributed by atoms with E-state index in [-0.39, 0.29) is 12.7 Å². The van der Waals surface area contributed by atoms with Crippen LogP contribution >= 0.6 is 11.3 Å². The number of nitrogens with one attached hydrogen (secondary N) is 2. The van der Waals surface area contributed by atoms with Crippen LogP contribution in [0.15, 0.2) is 30.6 Å². The Bertz CT molecular complexity index is 954. The predicted octanol–water partition coefficient (Wildman–Crippen LogP) is 3.25. The zero-order valence-corrected chi connectivity index (χ0v) is 17.0. The molecule has 3 heterocycles. The van der Waals surface area contributed by atoms with Gasteiger partial charge in [0.1, 0.15) is 5.82 Å². The molecule has 0 aliphatic heterocycles. The van der Waals surface area contributed by atoms with Crippen LogP contribution in [0.2, 0.25) is 0 Å². The number of thiazole rings is 1. The number of anilines is 3. The molecule has 1 aliphatic carbocycles. The third kappa shape index (κ3) is 5.06. The summed E-state index contributed by atoms with van der Waals surface area (Å²) in [5.41, 5.74) is 2.47. The number of hydrogen-bond acceptors (Lipinski definition) is 9. The second kappa shape index (κ2) is 8.81. The van der Waals surface area contributed by atoms with Gasteiger partial charge in [-0.2, -0.15) is 0 Å². The maximum absolute atomic E-state index is 9.68. The van der Waals surface area contributed by atoms with E-state index in [4.69, 9.17) is 5.11 Å². The number of aryl methyl sites for hydroxylation is 1. The van der Waals surface area contributed by atoms with E-state index < -0.39 is 0 Å². The molecule has 0 spiro atoms. The topological polar surface area (TPSA) is 116 Å². The molecular formula is C20H24N6O2S. The van der Waals surface area contributed by atoms with Crippen molar-refractivity contribution < 1.29 is 10.2 Å². The third-order valence-electron chi connectivity index (χ3n) is 4.88. The van der Waals surface area contributed by atoms with Crippen molar-refractivity contribution in [2.75, 3.05) is 10.6 Å². The van der Waals surface area contributed by atoms with Gasteiger partial charge in [-0.15, -0.1) is 0 Å². The van der Waals surface area contributed by atoms with Crippen LogP contribution in [0, 0.1) is 6.92 Å². The molecule has 1 aliphatic rings. The van der Waals surface area contributed by atoms with Gasteiger partial charge in [0.05, 0.1) is 23.3 Å². The minimum Gasteiger partial charge on any atom is -0.393 e. The fraction of sp³-hybridized carbons (Fsp3) is 0.400. The molecule has 0 atom stereocenters. The minimum absolute atomic E-state index is 0.0282. The molecule has 0 saturated heterocycles. The van der Waals surface area contributed by atoms with Crippen molar-refractivity contribution in [3.05, 3.63) is 41.9 Å². The number of aliphatic hydroxyl groups excluding tert-OH is 2. The normalized spacial score (nSPS) is 19.1. The molecule has 1 fully saturated rings. The quantitative estimate of drug-likeness (QED) is 0.488. The molecule has 0 unspecified atom stereocenters. The lowest BCUT2D eigenvalue weighted by Crippen LogP contribution is -2.29. The van der Waals surface area contributed by atoms with Gasteiger partial charge in [0.25, 0.3) is 0 Å². The molecule has 3 aromatic rings. The van der Waals surface area contributed by atoms with Crippen molar-refractivity contribution in [2.24, 2.45) is 0 Å². The van der Waals surface area contributed by atoms with Gasteiger partial charge in [-0.1, -0.05) is 17.4 Å². The predicted molar refractivity (Wildman–Crippen MR) is 113 cm³/mol. The average molecular weight is 413 g/mol. The highest BCUT2D eigenvalue weighted by Crippen LogP contribution is 2.30. The zero-order valence-electron chi connectivity index (χ0n) is 16.2. The summed E-state index contributed by atoms with van der Waals surface area (Å²) < 4.78 is 0. The standard InChI is InChI=1S/C20H24N6O2S/c1-12-8-16(25-19(23-12)24-14-3-5-15(28)6-4-14)17-10-22-20(29-17)26-18-7-2-13(11-27)9-21-18/h2,7-10,14-15,27-28H,3-6,11H2,1H3,(H,21,22,26)(H,23,24,25). The Morgan fingerprint density at radius 2 is 1.93 bits per heavy atom. The molecular weight excluding hydrogens is 388 g/mol. The summed E-state index contributed by atoms with van der Waals surface area (Å²) in [7, 11) is 0. The first kappa shape index (κ1) is 19.7. The van der Waals surface area contributed by atoms with E-state index in [1.165, 1.54) is 11.3 Å². The van der Waals surface area contributed by atoms with Crippen LogP contribution in [0.4, 0.5) is 16.9 Å². The molecule has 152 valence electrons. The summed E-state index contributed by atoms with van der Waals surface area (Å²) in [4.78, 5) is 18.8. The van der Waals surface area contributed by atoms with Gasteiger partial charge in [0.2, 0.25) is 5.95 Å². The van der Waals surface area contributed by atoms with Crippen LogP contribution < -0.4 is 10.6 Å². The van der Waals surface area contributed by atoms with Gasteiger partial charge in [0, 0.05) is 24.1 Å². The lowest BCUT2D eigenvalue weighted by molar-refractivity contribution is 0.126. The zero-order chi connectivity index (χ0) is 20.2. The molecule has 3 aromatic heterocycles. The van der Waals surface area contributed by atoms with Gasteiger partial charge in [0.15, 0.2) is 5.13 Å². The smallest absolute Gasteiger partial charge is 0.223 e. The summed E-state index contributed by atoms with van der Waals surface area (Å²) in [6.07, 6.45) is 6.71. The Kier molecular flexibility index (Phi) is 5.98. The Morgan fingerprint density at radius 1 is 1.10 bits per heavy atom. The fourth-order valence-electron chi connectivity index (χ4n) is 3.31. The van der Waals surface area contributed by atoms with E-state index in [0.717, 1.165) is 52.6 Å². The van der Waals surface area contributed by atoms with Crippen LogP contribution in [0.25, 0.3) is 10.6 Å². The van der Waals surface area contributed by atoms with Crippen LogP contribution in [0.3, 0.4) is 0 Å². The monoisotopic (exact) mass is 412 g/mol. The Morgan fingerprint density at radius 3 is 2.66 bits per heavy atom. The molecule has 0 radical (unpaired) electrons. The van der Waals surface area contributed by atoms with E-state index in [9.17, 15) is 5.11 Å². The molecule has 1 saturated carbocycles. The number of pyridine rings is 1. The molecule has 0 amide bonds. The van der Waals surface area contributed by atoms with Gasteiger partial charge in [-0.25, -0.2) is 19.9 Å². The van der Waals surface area contributed by atoms with E-state index in [1.54, 1.807) is 12.4 Å². The first-order valence-corrected chi connectivity index (χ1v) is 10.5. The number of aliphatic hydroxyl groups is 2. The number of aromatic nitrogens is 4. The average Bonchev–Trinajstić information content (AvgIpc) is 3.18. The summed E-state index contributed by atoms with van der Waals surface area (Å²) in [6.45, 7) is 1.92. The van der Waals surface area contributed by atoms with Crippen LogP contribution in [0.5, 0.6) is 0 Å². The second-order valence-corrected chi connectivity index (χ2v) is 8.26. The maximum atomic E-state index is 9.68. The summed E-state index contributed by atoms with van der Waals surface area (Å²) in [5, 5.41) is 26.1. The van der Waals surface area contributed by atoms with Crippen molar-refractivity contribution in [2.45, 2.75) is 51.4 Å². The highest BCUT2D eigenvalue weighted by atomic mass is 32.1. The van der Waals surface area contributed by atoms with Gasteiger partial charge in [-0.3, -0.25) is 0 Å². The number of nitrogens with zero attached hydrogens (tertiary/aromatic N) is 4. The van der Waals surface area contributed by atoms with Gasteiger partial charge >= 0.3 is 0 Å². The van der Waals surface area contributed by atoms with Crippen molar-refractivity contribution in [1.29, 1.82) is 0 Å². The Labute approximate surface area is 173 Å². The van der Waals surface area contributed by atoms with Gasteiger partial charge < -0.3 is 20.8 Å². The maximum Gasteiger partial charge on any atom is 0.223 e. The van der Waals surface area contributed by atoms with Crippen molar-refractivity contribution >= 4 is 28.2 Å². The minimum atomic E-state index is -0.181. The largest absolute Gasteiger partial charge is 0.393 e. The highest BCUT2D eigenvalue weighted by Gasteiger charge is 2.20. The van der Waals surface area contributed by atoms with Crippen LogP contribution in [-0.2, 0) is 6.61 Å². The molecule has 4 rings (SSSR count). The van der Waals surface area contributed by atoms with E-state index >= 15 is 0 Å². The number of rotatable bonds is 6. The Balaban J connectivity index is 1.47. The van der Waals surface area contributed by atoms with Crippen LogP contribution in [-0.4, -0.2) is 42.3 Å². The first-order valence-electron chi connectivity index (χ1n) is 9.68. The van der Waals surface area contributed by atoms with Crippen molar-refractivity contribution in [3.8, 4) is 10.6 Å². The lowest BCUT2D eigenvalue weighted by atomic mass is 9.93. The summed E-state index contributed by atoms with van der Waals surface area (Å²) in [6, 6.07) is 5.87. The lowest BCUT2D eigenvalue weighted by Gasteiger charge is -2.26. The summed E-state index contributed by atoms with van der Waals surface area (Å²) >= 11 is 1.49. The third-order valence-corrected chi connectivity index (χ3v) is 5.82. The molecule has 4 N–H and O–H groups in total. The molecule has 8 nitrogen and oxygen atoms in total. The molecule has 0 aromatic carbocycles. The van der Waals surface area contributed by atoms with E-state index in [2.05, 4.69) is 30.6 Å². The number of hydrogen-bond donors (Lipinski definition) is 4. The van der Waals surface area contributed by atoms with E-state index in [0.29, 0.717) is 17.8 Å². The molecule has 29 heavy (non-hydrogen) atoms. The first-order chi connectivity index (χ1) is 14.1. The summed E-state index contributed by atoms with van der Waals surface area (Å²) in [5.74, 6) is 1.29. The van der Waals surface area contributed by atoms with Gasteiger partial charge in [-0.05, 0) is 50.3 Å². The van der Waals surface area contributed by atoms with E-state index in [1.807, 2.05) is 25.1 Å². The second-order valence-electron chi connectivity index (χ2n) is 7.23. The van der Waals surface area contributed by atoms with Crippen molar-refractivity contribution in [3.63, 3.8) is 0 Å². The Hall–Kier alpha value is -2.62. The van der Waals surface area contributed by atoms with Crippen LogP contribution in [0.1, 0.15) is 36.9 Å².